The fourth-order valence-electron chi connectivity index (χ4n) is 8.07. The van der Waals surface area contributed by atoms with Crippen molar-refractivity contribution < 1.29 is 44.3 Å². The van der Waals surface area contributed by atoms with Crippen LogP contribution in [0.3, 0.4) is 0 Å². The Bertz CT molecular complexity index is 959. The maximum absolute atomic E-state index is 13.5. The molecule has 1 fully saturated rings. The van der Waals surface area contributed by atoms with Crippen LogP contribution in [0.4, 0.5) is 0 Å². The Morgan fingerprint density at radius 3 is 1.72 bits per heavy atom. The first-order valence-electron chi connectivity index (χ1n) is 18.3. The van der Waals surface area contributed by atoms with Gasteiger partial charge in [0.05, 0.1) is 23.9 Å². The molecular formula is C37H67NO9. The highest BCUT2D eigenvalue weighted by Crippen LogP contribution is 2.55. The lowest BCUT2D eigenvalue weighted by molar-refractivity contribution is -0.227. The zero-order valence-electron chi connectivity index (χ0n) is 30.3. The molecule has 0 bridgehead atoms. The molecular weight excluding hydrogens is 602 g/mol. The largest absolute Gasteiger partial charge is 0.481 e. The van der Waals surface area contributed by atoms with Crippen LogP contribution in [0.15, 0.2) is 0 Å². The summed E-state index contributed by atoms with van der Waals surface area (Å²) < 4.78 is 6.88. The smallest absolute Gasteiger partial charge is 0.310 e. The zero-order valence-corrected chi connectivity index (χ0v) is 30.3. The Balaban J connectivity index is 3.69. The monoisotopic (exact) mass is 669 g/mol. The van der Waals surface area contributed by atoms with Crippen molar-refractivity contribution in [1.82, 2.24) is 5.32 Å². The standard InChI is InChI=1S/C37H67NO9/c1-7-9-11-13-15-20-35(3,4)21-17-22-36(5,6)37(27-18-23-38-24-19-27,47-25-16-14-12-10-8-2)31(34(45)46)30(33(43)44)28(32(41)42)26-29(39)40/h27-28,30-31,38H,7-26H2,1-6H3,(H,39,40)(H,41,42)(H,43,44)(H,45,46). The van der Waals surface area contributed by atoms with Crippen LogP contribution in [-0.2, 0) is 23.9 Å². The average molecular weight is 670 g/mol. The molecule has 274 valence electrons. The van der Waals surface area contributed by atoms with E-state index < -0.39 is 59.1 Å². The molecule has 4 atom stereocenters. The van der Waals surface area contributed by atoms with Gasteiger partial charge in [-0.2, -0.15) is 0 Å². The molecule has 47 heavy (non-hydrogen) atoms. The van der Waals surface area contributed by atoms with Gasteiger partial charge in [0.1, 0.15) is 5.92 Å². The number of carbonyl (C=O) groups is 4. The predicted molar refractivity (Wildman–Crippen MR) is 183 cm³/mol. The van der Waals surface area contributed by atoms with Gasteiger partial charge in [-0.25, -0.2) is 0 Å². The van der Waals surface area contributed by atoms with Crippen molar-refractivity contribution in [3.05, 3.63) is 0 Å². The van der Waals surface area contributed by atoms with Crippen LogP contribution in [0.1, 0.15) is 151 Å². The minimum absolute atomic E-state index is 0.0749. The van der Waals surface area contributed by atoms with Gasteiger partial charge in [-0.15, -0.1) is 0 Å². The first-order valence-corrected chi connectivity index (χ1v) is 18.3. The molecule has 1 saturated heterocycles. The van der Waals surface area contributed by atoms with E-state index in [1.807, 2.05) is 13.8 Å². The molecule has 10 nitrogen and oxygen atoms in total. The topological polar surface area (TPSA) is 170 Å². The summed E-state index contributed by atoms with van der Waals surface area (Å²) in [5, 5.41) is 44.6. The summed E-state index contributed by atoms with van der Waals surface area (Å²) in [5.74, 6) is -12.3. The quantitative estimate of drug-likeness (QED) is 0.0542. The van der Waals surface area contributed by atoms with Gasteiger partial charge in [0, 0.05) is 6.61 Å². The van der Waals surface area contributed by atoms with Crippen LogP contribution in [0.2, 0.25) is 0 Å². The fraction of sp³-hybridized carbons (Fsp3) is 0.892. The molecule has 1 aliphatic rings. The predicted octanol–water partition coefficient (Wildman–Crippen LogP) is 7.87. The molecule has 0 aromatic carbocycles. The Hall–Kier alpha value is -2.20. The number of carboxylic acid groups (broad SMARTS) is 4. The Kier molecular flexibility index (Phi) is 19.1. The third-order valence-electron chi connectivity index (χ3n) is 10.7. The number of hydrogen-bond donors (Lipinski definition) is 5. The van der Waals surface area contributed by atoms with E-state index in [9.17, 15) is 39.6 Å². The number of rotatable bonds is 27. The minimum Gasteiger partial charge on any atom is -0.481 e. The number of carboxylic acids is 4. The number of nitrogens with one attached hydrogen (secondary N) is 1. The summed E-state index contributed by atoms with van der Waals surface area (Å²) >= 11 is 0. The van der Waals surface area contributed by atoms with Crippen LogP contribution in [-0.4, -0.2) is 69.6 Å². The van der Waals surface area contributed by atoms with Crippen molar-refractivity contribution in [3.63, 3.8) is 0 Å². The maximum Gasteiger partial charge on any atom is 0.310 e. The van der Waals surface area contributed by atoms with Crippen molar-refractivity contribution in [2.45, 2.75) is 156 Å². The summed E-state index contributed by atoms with van der Waals surface area (Å²) in [6.45, 7) is 14.1. The summed E-state index contributed by atoms with van der Waals surface area (Å²) in [5.41, 5.74) is -2.35. The maximum atomic E-state index is 13.5. The molecule has 0 aromatic rings. The SMILES string of the molecule is CCCCCCCOC(C1CCNCC1)(C(C(=O)O)C(C(=O)O)C(CC(=O)O)C(=O)O)C(C)(C)CCCC(C)(C)CCCCCCC. The second kappa shape index (κ2) is 21.0. The van der Waals surface area contributed by atoms with E-state index in [1.54, 1.807) is 0 Å². The number of hydrogen-bond acceptors (Lipinski definition) is 6. The highest BCUT2D eigenvalue weighted by atomic mass is 16.5. The molecule has 0 amide bonds. The summed E-state index contributed by atoms with van der Waals surface area (Å²) in [6, 6.07) is 0. The number of ether oxygens (including phenoxy) is 1. The van der Waals surface area contributed by atoms with E-state index in [1.165, 1.54) is 25.7 Å². The van der Waals surface area contributed by atoms with Gasteiger partial charge in [-0.1, -0.05) is 106 Å². The zero-order chi connectivity index (χ0) is 35.7. The normalized spacial score (nSPS) is 17.8. The van der Waals surface area contributed by atoms with Crippen LogP contribution < -0.4 is 5.32 Å². The second-order valence-electron chi connectivity index (χ2n) is 15.4. The molecule has 0 radical (unpaired) electrons. The van der Waals surface area contributed by atoms with Crippen LogP contribution >= 0.6 is 0 Å². The Morgan fingerprint density at radius 1 is 0.702 bits per heavy atom. The third kappa shape index (κ3) is 13.3. The van der Waals surface area contributed by atoms with Gasteiger partial charge >= 0.3 is 23.9 Å². The lowest BCUT2D eigenvalue weighted by Gasteiger charge is -2.56. The van der Waals surface area contributed by atoms with Crippen molar-refractivity contribution in [3.8, 4) is 0 Å². The average Bonchev–Trinajstić information content (AvgIpc) is 2.98. The van der Waals surface area contributed by atoms with Crippen LogP contribution in [0.25, 0.3) is 0 Å². The van der Waals surface area contributed by atoms with Crippen molar-refractivity contribution in [2.75, 3.05) is 19.7 Å². The number of piperidine rings is 1. The van der Waals surface area contributed by atoms with Gasteiger partial charge in [-0.05, 0) is 68.4 Å². The van der Waals surface area contributed by atoms with E-state index in [0.29, 0.717) is 38.8 Å². The molecule has 0 aromatic heterocycles. The molecule has 0 spiro atoms. The molecule has 10 heteroatoms. The van der Waals surface area contributed by atoms with Crippen molar-refractivity contribution >= 4 is 23.9 Å². The molecule has 4 unspecified atom stereocenters. The summed E-state index contributed by atoms with van der Waals surface area (Å²) in [7, 11) is 0. The first kappa shape index (κ1) is 42.8. The first-order chi connectivity index (χ1) is 22.1. The molecule has 0 aliphatic carbocycles. The highest BCUT2D eigenvalue weighted by Gasteiger charge is 2.63. The molecule has 0 saturated carbocycles. The van der Waals surface area contributed by atoms with E-state index >= 15 is 0 Å². The molecule has 1 heterocycles. The van der Waals surface area contributed by atoms with Gasteiger partial charge in [0.2, 0.25) is 0 Å². The number of unbranched alkanes of at least 4 members (excludes halogenated alkanes) is 8. The lowest BCUT2D eigenvalue weighted by Crippen LogP contribution is -2.65. The van der Waals surface area contributed by atoms with Gasteiger partial charge < -0.3 is 30.5 Å². The van der Waals surface area contributed by atoms with Crippen LogP contribution in [0.5, 0.6) is 0 Å². The Morgan fingerprint density at radius 2 is 1.23 bits per heavy atom. The highest BCUT2D eigenvalue weighted by molar-refractivity contribution is 5.88. The van der Waals surface area contributed by atoms with E-state index in [2.05, 4.69) is 33.0 Å². The fourth-order valence-corrected chi connectivity index (χ4v) is 8.07. The molecule has 1 aliphatic heterocycles. The van der Waals surface area contributed by atoms with Gasteiger partial charge in [0.25, 0.3) is 0 Å². The van der Waals surface area contributed by atoms with Gasteiger partial charge in [-0.3, -0.25) is 19.2 Å². The van der Waals surface area contributed by atoms with Gasteiger partial charge in [0.15, 0.2) is 0 Å². The van der Waals surface area contributed by atoms with E-state index in [-0.39, 0.29) is 17.9 Å². The lowest BCUT2D eigenvalue weighted by atomic mass is 9.53. The van der Waals surface area contributed by atoms with E-state index in [0.717, 1.165) is 51.4 Å². The van der Waals surface area contributed by atoms with Crippen LogP contribution in [0, 0.1) is 34.5 Å². The summed E-state index contributed by atoms with van der Waals surface area (Å²) in [6.07, 6.45) is 14.1. The minimum atomic E-state index is -2.00. The molecule has 1 rings (SSSR count). The summed E-state index contributed by atoms with van der Waals surface area (Å²) in [4.78, 5) is 50.8. The van der Waals surface area contributed by atoms with E-state index in [4.69, 9.17) is 4.74 Å². The van der Waals surface area contributed by atoms with Crippen molar-refractivity contribution in [1.29, 1.82) is 0 Å². The second-order valence-corrected chi connectivity index (χ2v) is 15.4. The van der Waals surface area contributed by atoms with Crippen molar-refractivity contribution in [2.24, 2.45) is 34.5 Å². The Labute approximate surface area is 283 Å². The number of aliphatic carboxylic acids is 4. The molecule has 5 N–H and O–H groups in total. The third-order valence-corrected chi connectivity index (χ3v) is 10.7.